The van der Waals surface area contributed by atoms with Crippen molar-refractivity contribution in [3.05, 3.63) is 140 Å². The summed E-state index contributed by atoms with van der Waals surface area (Å²) in [6.45, 7) is 0. The number of hydrogen-bond acceptors (Lipinski definition) is 5. The molecule has 0 saturated carbocycles. The molecule has 0 aliphatic heterocycles. The first-order valence-electron chi connectivity index (χ1n) is 16.0. The van der Waals surface area contributed by atoms with E-state index in [2.05, 4.69) is 97.1 Å². The molecule has 0 unspecified atom stereocenters. The maximum absolute atomic E-state index is 6.76. The Morgan fingerprint density at radius 3 is 2.04 bits per heavy atom. The van der Waals surface area contributed by atoms with Crippen LogP contribution in [0.15, 0.2) is 144 Å². The van der Waals surface area contributed by atoms with E-state index in [0.29, 0.717) is 17.5 Å². The van der Waals surface area contributed by atoms with Gasteiger partial charge in [0.15, 0.2) is 17.5 Å². The lowest BCUT2D eigenvalue weighted by Gasteiger charge is -2.09. The van der Waals surface area contributed by atoms with Gasteiger partial charge in [0.2, 0.25) is 0 Å². The van der Waals surface area contributed by atoms with E-state index in [1.54, 1.807) is 11.3 Å². The lowest BCUT2D eigenvalue weighted by atomic mass is 9.99. The average Bonchev–Trinajstić information content (AvgIpc) is 3.82. The van der Waals surface area contributed by atoms with Crippen LogP contribution >= 0.6 is 11.3 Å². The predicted octanol–water partition coefficient (Wildman–Crippen LogP) is 11.9. The fourth-order valence-corrected chi connectivity index (χ4v) is 8.69. The van der Waals surface area contributed by atoms with Crippen LogP contribution < -0.4 is 0 Å². The van der Waals surface area contributed by atoms with Crippen LogP contribution in [0.3, 0.4) is 0 Å². The van der Waals surface area contributed by atoms with Crippen LogP contribution in [0, 0.1) is 0 Å². The van der Waals surface area contributed by atoms with Crippen LogP contribution in [0.5, 0.6) is 0 Å². The highest BCUT2D eigenvalue weighted by molar-refractivity contribution is 7.25. The number of hydrogen-bond donors (Lipinski definition) is 0. The Hall–Kier alpha value is -6.17. The summed E-state index contributed by atoms with van der Waals surface area (Å²) in [4.78, 5) is 15.3. The molecule has 1 aliphatic carbocycles. The van der Waals surface area contributed by atoms with E-state index < -0.39 is 0 Å². The summed E-state index contributed by atoms with van der Waals surface area (Å²) in [5.41, 5.74) is 9.37. The molecule has 1 aliphatic rings. The molecule has 10 aromatic rings. The largest absolute Gasteiger partial charge is 0.455 e. The van der Waals surface area contributed by atoms with Gasteiger partial charge in [0, 0.05) is 53.2 Å². The van der Waals surface area contributed by atoms with Crippen LogP contribution in [-0.4, -0.2) is 15.0 Å². The summed E-state index contributed by atoms with van der Waals surface area (Å²) >= 11 is 1.80. The van der Waals surface area contributed by atoms with E-state index in [1.165, 1.54) is 47.6 Å². The Morgan fingerprint density at radius 1 is 0.438 bits per heavy atom. The highest BCUT2D eigenvalue weighted by Crippen LogP contribution is 2.52. The van der Waals surface area contributed by atoms with E-state index in [-0.39, 0.29) is 0 Å². The maximum Gasteiger partial charge on any atom is 0.164 e. The molecule has 0 amide bonds. The Balaban J connectivity index is 1.16. The molecule has 222 valence electrons. The van der Waals surface area contributed by atoms with Crippen LogP contribution in [0.25, 0.3) is 109 Å². The molecule has 0 radical (unpaired) electrons. The number of thiophene rings is 1. The van der Waals surface area contributed by atoms with E-state index in [4.69, 9.17) is 19.4 Å². The Kier molecular flexibility index (Phi) is 5.23. The van der Waals surface area contributed by atoms with E-state index >= 15 is 0 Å². The molecule has 48 heavy (non-hydrogen) atoms. The molecule has 3 heterocycles. The first-order chi connectivity index (χ1) is 23.8. The van der Waals surface area contributed by atoms with Gasteiger partial charge in [-0.15, -0.1) is 11.3 Å². The molecule has 11 rings (SSSR count). The summed E-state index contributed by atoms with van der Waals surface area (Å²) in [6.07, 6.45) is 0. The van der Waals surface area contributed by atoms with Gasteiger partial charge in [-0.3, -0.25) is 0 Å². The van der Waals surface area contributed by atoms with Crippen molar-refractivity contribution in [3.8, 4) is 56.4 Å². The van der Waals surface area contributed by atoms with Crippen molar-refractivity contribution < 1.29 is 4.42 Å². The van der Waals surface area contributed by atoms with Gasteiger partial charge in [0.25, 0.3) is 0 Å². The zero-order valence-corrected chi connectivity index (χ0v) is 26.3. The minimum absolute atomic E-state index is 0.620. The molecule has 0 bridgehead atoms. The topological polar surface area (TPSA) is 51.8 Å². The number of aromatic nitrogens is 3. The van der Waals surface area contributed by atoms with E-state index in [0.717, 1.165) is 44.2 Å². The van der Waals surface area contributed by atoms with Crippen molar-refractivity contribution in [3.63, 3.8) is 0 Å². The predicted molar refractivity (Wildman–Crippen MR) is 198 cm³/mol. The van der Waals surface area contributed by atoms with Gasteiger partial charge in [-0.2, -0.15) is 0 Å². The Morgan fingerprint density at radius 2 is 1.15 bits per heavy atom. The maximum atomic E-state index is 6.76. The molecule has 0 N–H and O–H groups in total. The first kappa shape index (κ1) is 26.0. The van der Waals surface area contributed by atoms with E-state index in [1.807, 2.05) is 42.5 Å². The molecule has 0 atom stereocenters. The van der Waals surface area contributed by atoms with E-state index in [9.17, 15) is 0 Å². The van der Waals surface area contributed by atoms with Crippen molar-refractivity contribution in [1.29, 1.82) is 0 Å². The lowest BCUT2D eigenvalue weighted by molar-refractivity contribution is 0.670. The summed E-state index contributed by atoms with van der Waals surface area (Å²) in [7, 11) is 0. The number of nitrogens with zero attached hydrogens (tertiary/aromatic N) is 3. The fraction of sp³-hybridized carbons (Fsp3) is 0. The quantitative estimate of drug-likeness (QED) is 0.195. The SMILES string of the molecule is c1ccc(-c2nc(-c3ccc4c(c3)sc3ccccc34)nc(-c3cccc4oc5c6c(ccc5c34)-c3cccc4cccc-6c34)n2)cc1. The van der Waals surface area contributed by atoms with Gasteiger partial charge in [0.05, 0.1) is 0 Å². The third kappa shape index (κ3) is 3.62. The van der Waals surface area contributed by atoms with Crippen molar-refractivity contribution in [2.45, 2.75) is 0 Å². The molecular formula is C43H23N3OS. The normalized spacial score (nSPS) is 12.2. The highest BCUT2D eigenvalue weighted by Gasteiger charge is 2.27. The minimum Gasteiger partial charge on any atom is -0.455 e. The molecule has 7 aromatic carbocycles. The molecule has 0 fully saturated rings. The minimum atomic E-state index is 0.620. The molecule has 5 heteroatoms. The van der Waals surface area contributed by atoms with Gasteiger partial charge in [-0.25, -0.2) is 15.0 Å². The molecule has 0 spiro atoms. The smallest absolute Gasteiger partial charge is 0.164 e. The molecular weight excluding hydrogens is 607 g/mol. The first-order valence-corrected chi connectivity index (χ1v) is 16.8. The van der Waals surface area contributed by atoms with Crippen molar-refractivity contribution in [2.75, 3.05) is 0 Å². The molecule has 0 saturated heterocycles. The Bertz CT molecular complexity index is 2950. The number of furan rings is 1. The van der Waals surface area contributed by atoms with Crippen LogP contribution in [0.4, 0.5) is 0 Å². The summed E-state index contributed by atoms with van der Waals surface area (Å²) in [6, 6.07) is 48.9. The third-order valence-corrected chi connectivity index (χ3v) is 10.8. The van der Waals surface area contributed by atoms with Crippen molar-refractivity contribution in [1.82, 2.24) is 15.0 Å². The highest BCUT2D eigenvalue weighted by atomic mass is 32.1. The number of rotatable bonds is 3. The van der Waals surface area contributed by atoms with Gasteiger partial charge < -0.3 is 4.42 Å². The van der Waals surface area contributed by atoms with Crippen LogP contribution in [0.1, 0.15) is 0 Å². The van der Waals surface area contributed by atoms with Gasteiger partial charge in [-0.05, 0) is 51.7 Å². The number of benzene rings is 7. The monoisotopic (exact) mass is 629 g/mol. The van der Waals surface area contributed by atoms with Gasteiger partial charge in [0.1, 0.15) is 11.2 Å². The second kappa shape index (κ2) is 9.67. The van der Waals surface area contributed by atoms with Crippen molar-refractivity contribution in [2.24, 2.45) is 0 Å². The summed E-state index contributed by atoms with van der Waals surface area (Å²) in [5, 5.41) is 7.11. The molecule has 4 nitrogen and oxygen atoms in total. The summed E-state index contributed by atoms with van der Waals surface area (Å²) < 4.78 is 9.24. The fourth-order valence-electron chi connectivity index (χ4n) is 7.55. The second-order valence-corrected chi connectivity index (χ2v) is 13.4. The molecule has 3 aromatic heterocycles. The Labute approximate surface area is 278 Å². The van der Waals surface area contributed by atoms with Gasteiger partial charge in [-0.1, -0.05) is 115 Å². The van der Waals surface area contributed by atoms with Crippen LogP contribution in [0.2, 0.25) is 0 Å². The number of fused-ring (bicyclic) bond motifs is 10. The summed E-state index contributed by atoms with van der Waals surface area (Å²) in [5.74, 6) is 1.90. The van der Waals surface area contributed by atoms with Gasteiger partial charge >= 0.3 is 0 Å². The zero-order valence-electron chi connectivity index (χ0n) is 25.4. The second-order valence-electron chi connectivity index (χ2n) is 12.3. The third-order valence-electron chi connectivity index (χ3n) is 9.67. The van der Waals surface area contributed by atoms with Crippen LogP contribution in [-0.2, 0) is 0 Å². The zero-order chi connectivity index (χ0) is 31.3. The standard InChI is InChI=1S/C43H23N3OS/c1-2-9-25(10-3-1)41-44-42(26-19-20-28-27-13-4-5-18-35(27)48-36(28)23-26)46-43(45-41)33-16-8-17-34-38(33)32-22-21-30-29-14-6-11-24-12-7-15-31(37(24)29)39(30)40(32)47-34/h1-23H. The average molecular weight is 630 g/mol. The van der Waals surface area contributed by atoms with Crippen molar-refractivity contribution >= 4 is 64.2 Å². The lowest BCUT2D eigenvalue weighted by Crippen LogP contribution is -2.00.